The first-order valence-corrected chi connectivity index (χ1v) is 5.36. The molecule has 0 radical (unpaired) electrons. The number of aliphatic carboxylic acids is 3. The van der Waals surface area contributed by atoms with Gasteiger partial charge >= 0.3 is 17.9 Å². The Balaban J connectivity index is -0.000000135. The molecule has 0 aliphatic heterocycles. The third-order valence-electron chi connectivity index (χ3n) is 2.54. The summed E-state index contributed by atoms with van der Waals surface area (Å²) >= 11 is 0. The second-order valence-corrected chi connectivity index (χ2v) is 3.82. The summed E-state index contributed by atoms with van der Waals surface area (Å²) < 4.78 is 0. The van der Waals surface area contributed by atoms with Crippen LogP contribution in [0.15, 0.2) is 0 Å². The smallest absolute Gasteiger partial charge is 0.335 e. The van der Waals surface area contributed by atoms with Crippen LogP contribution in [0.4, 0.5) is 0 Å². The normalized spacial score (nSPS) is 13.7. The van der Waals surface area contributed by atoms with Gasteiger partial charge in [-0.05, 0) is 6.42 Å². The minimum atomic E-state index is -2.27. The number of aliphatic hydroxyl groups is 4. The summed E-state index contributed by atoms with van der Waals surface area (Å²) in [6, 6.07) is 0. The van der Waals surface area contributed by atoms with E-state index in [9.17, 15) is 14.4 Å². The van der Waals surface area contributed by atoms with Crippen LogP contribution in [0.2, 0.25) is 0 Å². The van der Waals surface area contributed by atoms with Gasteiger partial charge in [0.15, 0.2) is 12.2 Å². The molecule has 0 heterocycles. The molecule has 7 N–H and O–H groups in total. The van der Waals surface area contributed by atoms with Crippen LogP contribution >= 0.6 is 0 Å². The Morgan fingerprint density at radius 2 is 1.25 bits per heavy atom. The highest BCUT2D eigenvalue weighted by Crippen LogP contribution is 2.19. The number of aliphatic hydroxyl groups excluding tert-OH is 4. The first-order valence-electron chi connectivity index (χ1n) is 5.36. The van der Waals surface area contributed by atoms with Gasteiger partial charge in [0.2, 0.25) is 0 Å². The van der Waals surface area contributed by atoms with Crippen molar-refractivity contribution in [1.82, 2.24) is 0 Å². The van der Waals surface area contributed by atoms with Crippen molar-refractivity contribution in [3.05, 3.63) is 0 Å². The average Bonchev–Trinajstić information content (AvgIpc) is 2.39. The molecule has 0 aromatic rings. The molecule has 0 aliphatic rings. The highest BCUT2D eigenvalue weighted by Gasteiger charge is 2.35. The summed E-state index contributed by atoms with van der Waals surface area (Å²) in [6.07, 6.45) is -4.30. The van der Waals surface area contributed by atoms with E-state index >= 15 is 0 Å². The molecule has 0 spiro atoms. The summed E-state index contributed by atoms with van der Waals surface area (Å²) in [7, 11) is 0. The van der Waals surface area contributed by atoms with Crippen molar-refractivity contribution in [2.75, 3.05) is 13.2 Å². The second-order valence-electron chi connectivity index (χ2n) is 3.82. The third kappa shape index (κ3) is 5.93. The highest BCUT2D eigenvalue weighted by atomic mass is 16.4. The van der Waals surface area contributed by atoms with Gasteiger partial charge in [-0.2, -0.15) is 0 Å². The van der Waals surface area contributed by atoms with Crippen LogP contribution in [0.25, 0.3) is 0 Å². The number of carboxylic acids is 3. The van der Waals surface area contributed by atoms with Gasteiger partial charge in [-0.1, -0.05) is 6.92 Å². The van der Waals surface area contributed by atoms with E-state index in [1.807, 2.05) is 0 Å². The molecule has 0 bridgehead atoms. The lowest BCUT2D eigenvalue weighted by molar-refractivity contribution is -0.165. The molecule has 0 aromatic carbocycles. The molecule has 0 saturated heterocycles. The Kier molecular flexibility index (Phi) is 9.46. The van der Waals surface area contributed by atoms with Gasteiger partial charge in [-0.3, -0.25) is 4.79 Å². The molecule has 0 aromatic heterocycles. The van der Waals surface area contributed by atoms with Gasteiger partial charge in [0.05, 0.1) is 13.2 Å². The summed E-state index contributed by atoms with van der Waals surface area (Å²) in [5, 5.41) is 58.2. The summed E-state index contributed by atoms with van der Waals surface area (Å²) in [4.78, 5) is 29.9. The molecule has 2 unspecified atom stereocenters. The second kappa shape index (κ2) is 9.20. The van der Waals surface area contributed by atoms with Gasteiger partial charge in [0.25, 0.3) is 0 Å². The Morgan fingerprint density at radius 1 is 0.950 bits per heavy atom. The molecular weight excluding hydrogens is 280 g/mol. The zero-order valence-corrected chi connectivity index (χ0v) is 10.6. The molecule has 0 rings (SSSR count). The van der Waals surface area contributed by atoms with Crippen LogP contribution in [-0.2, 0) is 14.4 Å². The van der Waals surface area contributed by atoms with Crippen LogP contribution in [0.3, 0.4) is 0 Å². The molecule has 122 valence electrons. The monoisotopic (exact) mass is 302 g/mol. The largest absolute Gasteiger partial charge is 0.481 e. The van der Waals surface area contributed by atoms with Gasteiger partial charge in [-0.25, -0.2) is 9.59 Å². The van der Waals surface area contributed by atoms with E-state index in [4.69, 9.17) is 35.7 Å². The number of hydrogen-bond donors (Lipinski definition) is 7. The molecule has 0 amide bonds. The quantitative estimate of drug-likeness (QED) is 0.272. The zero-order valence-electron chi connectivity index (χ0n) is 10.6. The van der Waals surface area contributed by atoms with Crippen molar-refractivity contribution in [2.45, 2.75) is 25.6 Å². The predicted molar refractivity (Wildman–Crippen MR) is 66.0 cm³/mol. The molecule has 0 aliphatic carbocycles. The Hall–Kier alpha value is -1.75. The van der Waals surface area contributed by atoms with E-state index < -0.39 is 48.7 Å². The molecule has 10 nitrogen and oxygen atoms in total. The number of rotatable bonds is 7. The lowest BCUT2D eigenvalue weighted by Crippen LogP contribution is -2.39. The minimum absolute atomic E-state index is 0. The van der Waals surface area contributed by atoms with Crippen molar-refractivity contribution in [3.8, 4) is 0 Å². The SMILES string of the molecule is CCC(CO)(CO)C(=O)O.O=C(O)C(O)C(O)C(=O)O.[HH].[HH]. The maximum atomic E-state index is 10.4. The van der Waals surface area contributed by atoms with E-state index in [1.54, 1.807) is 6.92 Å². The van der Waals surface area contributed by atoms with Crippen LogP contribution in [0, 0.1) is 5.41 Å². The van der Waals surface area contributed by atoms with Crippen LogP contribution in [0.1, 0.15) is 16.2 Å². The maximum absolute atomic E-state index is 10.4. The van der Waals surface area contributed by atoms with Crippen molar-refractivity contribution in [3.63, 3.8) is 0 Å². The fourth-order valence-corrected chi connectivity index (χ4v) is 0.830. The first-order chi connectivity index (χ1) is 9.09. The number of hydrogen-bond acceptors (Lipinski definition) is 7. The van der Waals surface area contributed by atoms with Crippen molar-refractivity contribution >= 4 is 17.9 Å². The fourth-order valence-electron chi connectivity index (χ4n) is 0.830. The Morgan fingerprint density at radius 3 is 1.30 bits per heavy atom. The summed E-state index contributed by atoms with van der Waals surface area (Å²) in [5.74, 6) is -4.69. The van der Waals surface area contributed by atoms with Crippen LogP contribution < -0.4 is 0 Å². The van der Waals surface area contributed by atoms with Gasteiger partial charge in [-0.15, -0.1) is 0 Å². The van der Waals surface area contributed by atoms with Crippen molar-refractivity contribution in [1.29, 1.82) is 0 Å². The molecule has 10 heteroatoms. The molecule has 2 atom stereocenters. The third-order valence-corrected chi connectivity index (χ3v) is 2.54. The fraction of sp³-hybridized carbons (Fsp3) is 0.700. The van der Waals surface area contributed by atoms with Crippen molar-refractivity contribution in [2.24, 2.45) is 5.41 Å². The van der Waals surface area contributed by atoms with E-state index in [-0.39, 0.29) is 9.27 Å². The van der Waals surface area contributed by atoms with E-state index in [1.165, 1.54) is 0 Å². The Bertz CT molecular complexity index is 318. The molecule has 20 heavy (non-hydrogen) atoms. The van der Waals surface area contributed by atoms with Gasteiger partial charge in [0.1, 0.15) is 5.41 Å². The molecule has 0 saturated carbocycles. The van der Waals surface area contributed by atoms with E-state index in [0.29, 0.717) is 0 Å². The van der Waals surface area contributed by atoms with E-state index in [0.717, 1.165) is 0 Å². The van der Waals surface area contributed by atoms with Crippen molar-refractivity contribution < 1.29 is 53.0 Å². The Labute approximate surface area is 116 Å². The zero-order chi connectivity index (χ0) is 16.5. The highest BCUT2D eigenvalue weighted by molar-refractivity contribution is 5.83. The average molecular weight is 302 g/mol. The molecular formula is C10H22O10. The topological polar surface area (TPSA) is 193 Å². The summed E-state index contributed by atoms with van der Waals surface area (Å²) in [6.45, 7) is 0.575. The standard InChI is InChI=1S/C6H12O4.C4H6O6.2H2/c1-2-6(3-7,4-8)5(9)10;5-1(3(7)8)2(6)4(9)10;;/h7-8H,2-4H2,1H3,(H,9,10);1-2,5-6H,(H,7,8)(H,9,10);2*1H. The first kappa shape index (κ1) is 20.6. The number of carboxylic acid groups (broad SMARTS) is 3. The minimum Gasteiger partial charge on any atom is -0.481 e. The predicted octanol–water partition coefficient (Wildman–Crippen LogP) is -2.18. The van der Waals surface area contributed by atoms with Crippen LogP contribution in [-0.4, -0.2) is 79.1 Å². The lowest BCUT2D eigenvalue weighted by atomic mass is 9.87. The van der Waals surface area contributed by atoms with Gasteiger partial charge in [0, 0.05) is 2.85 Å². The lowest BCUT2D eigenvalue weighted by Gasteiger charge is -2.21. The van der Waals surface area contributed by atoms with Gasteiger partial charge < -0.3 is 35.7 Å². The van der Waals surface area contributed by atoms with E-state index in [2.05, 4.69) is 0 Å². The van der Waals surface area contributed by atoms with Crippen LogP contribution in [0.5, 0.6) is 0 Å². The summed E-state index contributed by atoms with van der Waals surface area (Å²) in [5.41, 5.74) is -1.35. The molecule has 0 fully saturated rings. The number of carbonyl (C=O) groups is 3. The maximum Gasteiger partial charge on any atom is 0.335 e.